The molecule has 1 radical (unpaired) electrons. The van der Waals surface area contributed by atoms with Crippen molar-refractivity contribution in [2.24, 2.45) is 11.8 Å². The number of methoxy groups -OCH3 is 2. The Balaban J connectivity index is 0.00000400. The zero-order valence-electron chi connectivity index (χ0n) is 13.7. The maximum atomic E-state index is 5.79. The third-order valence-electron chi connectivity index (χ3n) is 3.42. The van der Waals surface area contributed by atoms with Crippen LogP contribution in [0.2, 0.25) is 0 Å². The second-order valence-corrected chi connectivity index (χ2v) is 5.39. The molecular formula is C17H27O3Y-. The van der Waals surface area contributed by atoms with Crippen molar-refractivity contribution in [3.05, 3.63) is 30.7 Å². The standard InChI is InChI=1S/C17H27O3.Y/c1-13(2)14(3)11-15-7-8-16(19-5)17(12-15)20-10-6-9-18-4;/h7-8,12-14H,3,6,9-11H2,1-2,4-5H3;/q-1;. The second-order valence-electron chi connectivity index (χ2n) is 5.39. The van der Waals surface area contributed by atoms with E-state index in [1.807, 2.05) is 6.07 Å². The molecule has 117 valence electrons. The van der Waals surface area contributed by atoms with Gasteiger partial charge in [-0.3, -0.25) is 0 Å². The van der Waals surface area contributed by atoms with Crippen molar-refractivity contribution in [2.45, 2.75) is 26.7 Å². The molecule has 1 aromatic carbocycles. The number of rotatable bonds is 9. The molecule has 0 saturated carbocycles. The van der Waals surface area contributed by atoms with E-state index in [4.69, 9.17) is 14.2 Å². The number of benzene rings is 1. The van der Waals surface area contributed by atoms with E-state index in [1.54, 1.807) is 14.2 Å². The van der Waals surface area contributed by atoms with Crippen LogP contribution in [-0.4, -0.2) is 27.4 Å². The topological polar surface area (TPSA) is 27.7 Å². The minimum absolute atomic E-state index is 0. The molecule has 0 heterocycles. The molecule has 1 rings (SSSR count). The third-order valence-corrected chi connectivity index (χ3v) is 3.42. The van der Waals surface area contributed by atoms with Crippen LogP contribution in [0.1, 0.15) is 25.8 Å². The van der Waals surface area contributed by atoms with Gasteiger partial charge in [-0.25, -0.2) is 0 Å². The summed E-state index contributed by atoms with van der Waals surface area (Å²) in [6.45, 7) is 9.93. The summed E-state index contributed by atoms with van der Waals surface area (Å²) >= 11 is 0. The monoisotopic (exact) mass is 368 g/mol. The van der Waals surface area contributed by atoms with E-state index in [0.717, 1.165) is 24.3 Å². The molecule has 1 aromatic rings. The fourth-order valence-corrected chi connectivity index (χ4v) is 1.88. The van der Waals surface area contributed by atoms with Gasteiger partial charge in [0.25, 0.3) is 0 Å². The van der Waals surface area contributed by atoms with Crippen LogP contribution < -0.4 is 9.47 Å². The van der Waals surface area contributed by atoms with Crippen LogP contribution in [0.5, 0.6) is 11.5 Å². The van der Waals surface area contributed by atoms with Crippen LogP contribution >= 0.6 is 0 Å². The molecule has 0 saturated heterocycles. The summed E-state index contributed by atoms with van der Waals surface area (Å²) in [6.07, 6.45) is 1.82. The van der Waals surface area contributed by atoms with Gasteiger partial charge in [-0.15, -0.1) is 0 Å². The molecular weight excluding hydrogens is 341 g/mol. The maximum Gasteiger partial charge on any atom is 0.161 e. The number of hydrogen-bond acceptors (Lipinski definition) is 3. The first-order chi connectivity index (χ1) is 9.58. The van der Waals surface area contributed by atoms with Crippen LogP contribution in [-0.2, 0) is 43.9 Å². The maximum absolute atomic E-state index is 5.79. The molecule has 0 bridgehead atoms. The average molecular weight is 368 g/mol. The summed E-state index contributed by atoms with van der Waals surface area (Å²) in [6, 6.07) is 6.11. The summed E-state index contributed by atoms with van der Waals surface area (Å²) in [5, 5.41) is 0. The average Bonchev–Trinajstić information content (AvgIpc) is 2.43. The van der Waals surface area contributed by atoms with Gasteiger partial charge in [0.2, 0.25) is 0 Å². The molecule has 0 spiro atoms. The first-order valence-corrected chi connectivity index (χ1v) is 7.20. The first kappa shape index (κ1) is 20.9. The van der Waals surface area contributed by atoms with Crippen molar-refractivity contribution in [1.82, 2.24) is 0 Å². The summed E-state index contributed by atoms with van der Waals surface area (Å²) < 4.78 is 16.1. The van der Waals surface area contributed by atoms with Gasteiger partial charge in [0.15, 0.2) is 11.5 Å². The van der Waals surface area contributed by atoms with Gasteiger partial charge in [0.05, 0.1) is 13.7 Å². The van der Waals surface area contributed by atoms with E-state index >= 15 is 0 Å². The fraction of sp³-hybridized carbons (Fsp3) is 0.588. The predicted molar refractivity (Wildman–Crippen MR) is 82.4 cm³/mol. The Hall–Kier alpha value is -0.116. The van der Waals surface area contributed by atoms with Gasteiger partial charge < -0.3 is 21.1 Å². The third kappa shape index (κ3) is 7.62. The first-order valence-electron chi connectivity index (χ1n) is 7.20. The SMILES string of the molecule is [CH2-]C(Cc1ccc(OC)c(OCCCOC)c1)C(C)C.[Y]. The zero-order valence-corrected chi connectivity index (χ0v) is 16.6. The van der Waals surface area contributed by atoms with Gasteiger partial charge in [0, 0.05) is 52.8 Å². The Labute approximate surface area is 154 Å². The van der Waals surface area contributed by atoms with Crippen molar-refractivity contribution in [3.63, 3.8) is 0 Å². The van der Waals surface area contributed by atoms with Crippen molar-refractivity contribution in [1.29, 1.82) is 0 Å². The van der Waals surface area contributed by atoms with Crippen LogP contribution in [0, 0.1) is 18.8 Å². The summed E-state index contributed by atoms with van der Waals surface area (Å²) in [4.78, 5) is 0. The van der Waals surface area contributed by atoms with E-state index in [9.17, 15) is 0 Å². The number of hydrogen-bond donors (Lipinski definition) is 0. The Morgan fingerprint density at radius 1 is 1.10 bits per heavy atom. The van der Waals surface area contributed by atoms with E-state index in [0.29, 0.717) is 25.0 Å². The molecule has 4 heteroatoms. The van der Waals surface area contributed by atoms with Gasteiger partial charge in [0.1, 0.15) is 0 Å². The summed E-state index contributed by atoms with van der Waals surface area (Å²) in [7, 11) is 3.36. The van der Waals surface area contributed by atoms with Gasteiger partial charge in [-0.2, -0.15) is 5.92 Å². The minimum atomic E-state index is 0. The van der Waals surface area contributed by atoms with Crippen molar-refractivity contribution in [2.75, 3.05) is 27.4 Å². The Morgan fingerprint density at radius 3 is 2.38 bits per heavy atom. The molecule has 0 amide bonds. The Kier molecular flexibility index (Phi) is 11.4. The Bertz CT molecular complexity index is 394. The molecule has 0 fully saturated rings. The van der Waals surface area contributed by atoms with E-state index < -0.39 is 0 Å². The quantitative estimate of drug-likeness (QED) is 0.491. The number of ether oxygens (including phenoxy) is 3. The molecule has 0 aliphatic heterocycles. The molecule has 0 aromatic heterocycles. The molecule has 3 nitrogen and oxygen atoms in total. The molecule has 1 atom stereocenters. The second kappa shape index (κ2) is 11.5. The largest absolute Gasteiger partial charge is 0.493 e. The van der Waals surface area contributed by atoms with Crippen molar-refractivity contribution >= 4 is 0 Å². The summed E-state index contributed by atoms with van der Waals surface area (Å²) in [5.74, 6) is 2.56. The van der Waals surface area contributed by atoms with E-state index in [2.05, 4.69) is 32.9 Å². The minimum Gasteiger partial charge on any atom is -0.493 e. The van der Waals surface area contributed by atoms with E-state index in [1.165, 1.54) is 5.56 Å². The Morgan fingerprint density at radius 2 is 1.81 bits per heavy atom. The molecule has 0 aliphatic carbocycles. The van der Waals surface area contributed by atoms with Crippen molar-refractivity contribution < 1.29 is 46.9 Å². The molecule has 21 heavy (non-hydrogen) atoms. The fourth-order valence-electron chi connectivity index (χ4n) is 1.88. The molecule has 1 unspecified atom stereocenters. The normalized spacial score (nSPS) is 11.9. The molecule has 0 aliphatic rings. The van der Waals surface area contributed by atoms with Crippen LogP contribution in [0.25, 0.3) is 0 Å². The molecule has 0 N–H and O–H groups in total. The summed E-state index contributed by atoms with van der Waals surface area (Å²) in [5.41, 5.74) is 1.24. The van der Waals surface area contributed by atoms with Crippen molar-refractivity contribution in [3.8, 4) is 11.5 Å². The van der Waals surface area contributed by atoms with Crippen LogP contribution in [0.3, 0.4) is 0 Å². The van der Waals surface area contributed by atoms with Crippen LogP contribution in [0.15, 0.2) is 18.2 Å². The zero-order chi connectivity index (χ0) is 15.0. The van der Waals surface area contributed by atoms with Gasteiger partial charge >= 0.3 is 0 Å². The van der Waals surface area contributed by atoms with Gasteiger partial charge in [-0.05, 0) is 17.7 Å². The predicted octanol–water partition coefficient (Wildman–Crippen LogP) is 3.76. The van der Waals surface area contributed by atoms with E-state index in [-0.39, 0.29) is 32.7 Å². The van der Waals surface area contributed by atoms with Crippen LogP contribution in [0.4, 0.5) is 0 Å². The smallest absolute Gasteiger partial charge is 0.161 e. The van der Waals surface area contributed by atoms with Gasteiger partial charge in [-0.1, -0.05) is 32.3 Å².